The van der Waals surface area contributed by atoms with Gasteiger partial charge in [0.15, 0.2) is 0 Å². The number of pyridine rings is 1. The Kier molecular flexibility index (Phi) is 2.25. The summed E-state index contributed by atoms with van der Waals surface area (Å²) in [6.07, 6.45) is 6.94. The number of hydrogen-bond acceptors (Lipinski definition) is 2. The standard InChI is InChI=1S/C13H17FN2/c1-16-11-4-5-12(16)8-13(14,7-11)10-3-2-6-15-9-10/h2-3,6,9,11-12H,4-5,7-8H2,1H3/t11-,12+,13?. The van der Waals surface area contributed by atoms with E-state index in [0.29, 0.717) is 24.9 Å². The van der Waals surface area contributed by atoms with Crippen LogP contribution in [0, 0.1) is 0 Å². The van der Waals surface area contributed by atoms with E-state index >= 15 is 0 Å². The second-order valence-electron chi connectivity index (χ2n) is 5.17. The number of nitrogens with zero attached hydrogens (tertiary/aromatic N) is 2. The summed E-state index contributed by atoms with van der Waals surface area (Å²) in [5.74, 6) is 0. The Morgan fingerprint density at radius 3 is 2.62 bits per heavy atom. The Hall–Kier alpha value is -0.960. The highest BCUT2D eigenvalue weighted by atomic mass is 19.1. The van der Waals surface area contributed by atoms with E-state index in [9.17, 15) is 4.39 Å². The first kappa shape index (κ1) is 10.2. The van der Waals surface area contributed by atoms with Crippen LogP contribution in [0.25, 0.3) is 0 Å². The molecule has 86 valence electrons. The predicted octanol–water partition coefficient (Wildman–Crippen LogP) is 2.50. The maximum absolute atomic E-state index is 15.0. The highest BCUT2D eigenvalue weighted by Gasteiger charge is 2.48. The summed E-state index contributed by atoms with van der Waals surface area (Å²) in [4.78, 5) is 6.40. The van der Waals surface area contributed by atoms with E-state index in [0.717, 1.165) is 18.4 Å². The molecule has 2 saturated heterocycles. The normalized spacial score (nSPS) is 38.9. The minimum Gasteiger partial charge on any atom is -0.300 e. The van der Waals surface area contributed by atoms with Gasteiger partial charge < -0.3 is 4.90 Å². The molecule has 0 spiro atoms. The summed E-state index contributed by atoms with van der Waals surface area (Å²) < 4.78 is 15.0. The van der Waals surface area contributed by atoms with Crippen molar-refractivity contribution >= 4 is 0 Å². The van der Waals surface area contributed by atoms with Gasteiger partial charge in [0.1, 0.15) is 5.67 Å². The van der Waals surface area contributed by atoms with Crippen LogP contribution < -0.4 is 0 Å². The van der Waals surface area contributed by atoms with Gasteiger partial charge in [-0.05, 0) is 26.0 Å². The lowest BCUT2D eigenvalue weighted by molar-refractivity contribution is 0.0215. The summed E-state index contributed by atoms with van der Waals surface area (Å²) >= 11 is 0. The van der Waals surface area contributed by atoms with E-state index in [1.807, 2.05) is 12.1 Å². The van der Waals surface area contributed by atoms with Crippen LogP contribution in [0.2, 0.25) is 0 Å². The molecule has 1 aromatic rings. The molecule has 0 radical (unpaired) electrons. The van der Waals surface area contributed by atoms with Crippen LogP contribution in [-0.2, 0) is 5.67 Å². The van der Waals surface area contributed by atoms with Gasteiger partial charge in [-0.1, -0.05) is 6.07 Å². The molecule has 2 fully saturated rings. The minimum absolute atomic E-state index is 0.420. The monoisotopic (exact) mass is 220 g/mol. The molecule has 3 heteroatoms. The van der Waals surface area contributed by atoms with E-state index in [1.54, 1.807) is 12.4 Å². The van der Waals surface area contributed by atoms with Crippen LogP contribution in [-0.4, -0.2) is 29.0 Å². The van der Waals surface area contributed by atoms with Crippen molar-refractivity contribution in [2.45, 2.75) is 43.4 Å². The molecule has 3 atom stereocenters. The molecule has 3 rings (SSSR count). The molecule has 1 aromatic heterocycles. The van der Waals surface area contributed by atoms with E-state index in [-0.39, 0.29) is 0 Å². The number of halogens is 1. The maximum atomic E-state index is 15.0. The SMILES string of the molecule is CN1[C@@H]2CC[C@H]1CC(F)(c1cccnc1)C2. The molecule has 0 aliphatic carbocycles. The molecule has 2 nitrogen and oxygen atoms in total. The van der Waals surface area contributed by atoms with Crippen LogP contribution in [0.1, 0.15) is 31.2 Å². The van der Waals surface area contributed by atoms with Crippen molar-refractivity contribution in [2.24, 2.45) is 0 Å². The fourth-order valence-corrected chi connectivity index (χ4v) is 3.28. The largest absolute Gasteiger partial charge is 0.300 e. The quantitative estimate of drug-likeness (QED) is 0.723. The van der Waals surface area contributed by atoms with Gasteiger partial charge in [0, 0.05) is 42.9 Å². The number of hydrogen-bond donors (Lipinski definition) is 0. The predicted molar refractivity (Wildman–Crippen MR) is 60.8 cm³/mol. The molecule has 0 N–H and O–H groups in total. The number of aromatic nitrogens is 1. The molecule has 0 saturated carbocycles. The van der Waals surface area contributed by atoms with E-state index in [4.69, 9.17) is 0 Å². The highest BCUT2D eigenvalue weighted by Crippen LogP contribution is 2.47. The third-order valence-corrected chi connectivity index (χ3v) is 4.28. The first-order valence-electron chi connectivity index (χ1n) is 6.00. The topological polar surface area (TPSA) is 16.1 Å². The van der Waals surface area contributed by atoms with Crippen LogP contribution in [0.15, 0.2) is 24.5 Å². The Balaban J connectivity index is 1.91. The van der Waals surface area contributed by atoms with Gasteiger partial charge in [0.25, 0.3) is 0 Å². The van der Waals surface area contributed by atoms with Crippen LogP contribution in [0.5, 0.6) is 0 Å². The Labute approximate surface area is 95.5 Å². The Morgan fingerprint density at radius 2 is 2.06 bits per heavy atom. The van der Waals surface area contributed by atoms with Crippen molar-refractivity contribution in [3.63, 3.8) is 0 Å². The zero-order valence-corrected chi connectivity index (χ0v) is 9.56. The first-order valence-corrected chi connectivity index (χ1v) is 6.00. The summed E-state index contributed by atoms with van der Waals surface area (Å²) in [5, 5.41) is 0. The molecular formula is C13H17FN2. The Bertz CT molecular complexity index is 365. The van der Waals surface area contributed by atoms with Gasteiger partial charge >= 0.3 is 0 Å². The average molecular weight is 220 g/mol. The van der Waals surface area contributed by atoms with Crippen molar-refractivity contribution in [1.82, 2.24) is 9.88 Å². The van der Waals surface area contributed by atoms with Crippen molar-refractivity contribution in [3.05, 3.63) is 30.1 Å². The lowest BCUT2D eigenvalue weighted by Crippen LogP contribution is -2.45. The molecule has 3 heterocycles. The van der Waals surface area contributed by atoms with Gasteiger partial charge in [-0.25, -0.2) is 4.39 Å². The lowest BCUT2D eigenvalue weighted by Gasteiger charge is -2.40. The van der Waals surface area contributed by atoms with Gasteiger partial charge in [0.05, 0.1) is 0 Å². The molecular weight excluding hydrogens is 203 g/mol. The molecule has 2 bridgehead atoms. The lowest BCUT2D eigenvalue weighted by atomic mass is 9.83. The van der Waals surface area contributed by atoms with Gasteiger partial charge in [-0.2, -0.15) is 0 Å². The summed E-state index contributed by atoms with van der Waals surface area (Å²) in [6.45, 7) is 0. The van der Waals surface area contributed by atoms with Gasteiger partial charge in [-0.15, -0.1) is 0 Å². The van der Waals surface area contributed by atoms with Crippen LogP contribution in [0.4, 0.5) is 4.39 Å². The summed E-state index contributed by atoms with van der Waals surface area (Å²) in [5.41, 5.74) is -0.382. The molecule has 0 amide bonds. The zero-order chi connectivity index (χ0) is 11.2. The molecule has 1 unspecified atom stereocenters. The van der Waals surface area contributed by atoms with E-state index in [2.05, 4.69) is 16.9 Å². The first-order chi connectivity index (χ1) is 7.69. The zero-order valence-electron chi connectivity index (χ0n) is 9.56. The maximum Gasteiger partial charge on any atom is 0.140 e. The van der Waals surface area contributed by atoms with Crippen molar-refractivity contribution in [3.8, 4) is 0 Å². The second kappa shape index (κ2) is 3.52. The molecule has 0 aromatic carbocycles. The van der Waals surface area contributed by atoms with Crippen molar-refractivity contribution in [1.29, 1.82) is 0 Å². The second-order valence-corrected chi connectivity index (χ2v) is 5.17. The van der Waals surface area contributed by atoms with Gasteiger partial charge in [-0.3, -0.25) is 4.98 Å². The minimum atomic E-state index is -1.15. The number of piperidine rings is 1. The number of alkyl halides is 1. The molecule has 16 heavy (non-hydrogen) atoms. The Morgan fingerprint density at radius 1 is 1.38 bits per heavy atom. The number of fused-ring (bicyclic) bond motifs is 2. The third-order valence-electron chi connectivity index (χ3n) is 4.28. The van der Waals surface area contributed by atoms with Crippen molar-refractivity contribution < 1.29 is 4.39 Å². The highest BCUT2D eigenvalue weighted by molar-refractivity contribution is 5.21. The van der Waals surface area contributed by atoms with E-state index < -0.39 is 5.67 Å². The average Bonchev–Trinajstić information content (AvgIpc) is 2.54. The smallest absolute Gasteiger partial charge is 0.140 e. The van der Waals surface area contributed by atoms with Crippen LogP contribution >= 0.6 is 0 Å². The fourth-order valence-electron chi connectivity index (χ4n) is 3.28. The van der Waals surface area contributed by atoms with Crippen molar-refractivity contribution in [2.75, 3.05) is 7.05 Å². The van der Waals surface area contributed by atoms with E-state index in [1.165, 1.54) is 0 Å². The summed E-state index contributed by atoms with van der Waals surface area (Å²) in [7, 11) is 2.13. The molecule has 2 aliphatic heterocycles. The third kappa shape index (κ3) is 1.46. The van der Waals surface area contributed by atoms with Crippen LogP contribution in [0.3, 0.4) is 0 Å². The fraction of sp³-hybridized carbons (Fsp3) is 0.615. The van der Waals surface area contributed by atoms with Gasteiger partial charge in [0.2, 0.25) is 0 Å². The summed E-state index contributed by atoms with van der Waals surface area (Å²) in [6, 6.07) is 4.54. The molecule has 2 aliphatic rings. The number of rotatable bonds is 1.